The van der Waals surface area contributed by atoms with Crippen LogP contribution in [-0.4, -0.2) is 22.6 Å². The van der Waals surface area contributed by atoms with Crippen LogP contribution in [0, 0.1) is 24.0 Å². The van der Waals surface area contributed by atoms with Gasteiger partial charge in [0.1, 0.15) is 6.61 Å². The number of amides is 1. The van der Waals surface area contributed by atoms with Gasteiger partial charge in [0.15, 0.2) is 16.7 Å². The second kappa shape index (κ2) is 13.5. The minimum absolute atomic E-state index is 0.0142. The molecule has 0 radical (unpaired) electrons. The zero-order valence-electron chi connectivity index (χ0n) is 24.0. The first-order chi connectivity index (χ1) is 21.1. The Bertz CT molecular complexity index is 1810. The van der Waals surface area contributed by atoms with E-state index in [1.165, 1.54) is 23.9 Å². The Morgan fingerprint density at radius 3 is 2.27 bits per heavy atom. The van der Waals surface area contributed by atoms with E-state index in [2.05, 4.69) is 0 Å². The van der Waals surface area contributed by atoms with Gasteiger partial charge in [-0.1, -0.05) is 41.4 Å². The largest absolute Gasteiger partial charge is 0.490 e. The summed E-state index contributed by atoms with van der Waals surface area (Å²) in [5, 5.41) is 12.5. The van der Waals surface area contributed by atoms with Crippen molar-refractivity contribution >= 4 is 69.2 Å². The van der Waals surface area contributed by atoms with Gasteiger partial charge >= 0.3 is 0 Å². The molecule has 4 aromatic carbocycles. The van der Waals surface area contributed by atoms with E-state index in [-0.39, 0.29) is 18.2 Å². The Labute approximate surface area is 269 Å². The quantitative estimate of drug-likeness (QED) is 0.102. The van der Waals surface area contributed by atoms with Crippen molar-refractivity contribution in [3.8, 4) is 11.5 Å². The smallest absolute Gasteiger partial charge is 0.271 e. The number of benzene rings is 4. The number of nitro groups is 1. The van der Waals surface area contributed by atoms with Crippen LogP contribution in [0.1, 0.15) is 29.2 Å². The molecule has 5 rings (SSSR count). The Kier molecular flexibility index (Phi) is 9.58. The highest BCUT2D eigenvalue weighted by molar-refractivity contribution is 8.19. The molecule has 4 aromatic rings. The predicted octanol–water partition coefficient (Wildman–Crippen LogP) is 9.30. The van der Waals surface area contributed by atoms with Gasteiger partial charge in [-0.3, -0.25) is 19.8 Å². The number of hydrogen-bond donors (Lipinski definition) is 0. The lowest BCUT2D eigenvalue weighted by Gasteiger charge is -2.16. The fourth-order valence-electron chi connectivity index (χ4n) is 4.29. The lowest BCUT2D eigenvalue weighted by atomic mass is 10.1. The first kappa shape index (κ1) is 31.1. The van der Waals surface area contributed by atoms with E-state index in [0.717, 1.165) is 22.3 Å². The highest BCUT2D eigenvalue weighted by atomic mass is 35.5. The molecule has 1 aliphatic heterocycles. The van der Waals surface area contributed by atoms with Crippen LogP contribution >= 0.6 is 35.0 Å². The second-order valence-electron chi connectivity index (χ2n) is 9.86. The van der Waals surface area contributed by atoms with Crippen LogP contribution in [0.4, 0.5) is 17.1 Å². The maximum absolute atomic E-state index is 13.8. The normalized spacial score (nSPS) is 14.8. The van der Waals surface area contributed by atoms with Crippen molar-refractivity contribution < 1.29 is 19.2 Å². The van der Waals surface area contributed by atoms with Crippen LogP contribution in [0.5, 0.6) is 11.5 Å². The third-order valence-corrected chi connectivity index (χ3v) is 8.49. The number of non-ortho nitro benzene ring substituents is 1. The first-order valence-corrected chi connectivity index (χ1v) is 15.2. The van der Waals surface area contributed by atoms with Gasteiger partial charge in [0.25, 0.3) is 11.6 Å². The van der Waals surface area contributed by atoms with Gasteiger partial charge in [0.05, 0.1) is 27.8 Å². The number of rotatable bonds is 9. The molecule has 0 aromatic heterocycles. The molecule has 224 valence electrons. The first-order valence-electron chi connectivity index (χ1n) is 13.6. The van der Waals surface area contributed by atoms with Gasteiger partial charge in [0.2, 0.25) is 0 Å². The van der Waals surface area contributed by atoms with Crippen molar-refractivity contribution in [3.05, 3.63) is 126 Å². The molecule has 0 saturated carbocycles. The lowest BCUT2D eigenvalue weighted by molar-refractivity contribution is -0.384. The Morgan fingerprint density at radius 1 is 0.909 bits per heavy atom. The van der Waals surface area contributed by atoms with Crippen molar-refractivity contribution in [3.63, 3.8) is 0 Å². The number of anilines is 1. The second-order valence-corrected chi connectivity index (χ2v) is 11.7. The molecule has 8 nitrogen and oxygen atoms in total. The molecule has 0 unspecified atom stereocenters. The number of nitrogens with zero attached hydrogens (tertiary/aromatic N) is 3. The fraction of sp³-hybridized carbons (Fsp3) is 0.152. The molecule has 0 aliphatic carbocycles. The minimum atomic E-state index is -0.444. The number of carbonyl (C=O) groups is 1. The summed E-state index contributed by atoms with van der Waals surface area (Å²) in [5.41, 5.74) is 4.56. The lowest BCUT2D eigenvalue weighted by Crippen LogP contribution is -2.28. The van der Waals surface area contributed by atoms with Gasteiger partial charge in [-0.25, -0.2) is 4.99 Å². The van der Waals surface area contributed by atoms with Crippen LogP contribution in [-0.2, 0) is 11.4 Å². The minimum Gasteiger partial charge on any atom is -0.490 e. The fourth-order valence-corrected chi connectivity index (χ4v) is 5.64. The summed E-state index contributed by atoms with van der Waals surface area (Å²) in [5.74, 6) is 0.764. The molecule has 0 spiro atoms. The van der Waals surface area contributed by atoms with E-state index >= 15 is 0 Å². The number of ether oxygens (including phenoxy) is 2. The zero-order chi connectivity index (χ0) is 31.4. The number of nitro benzene ring substituents is 1. The third-order valence-electron chi connectivity index (χ3n) is 6.71. The van der Waals surface area contributed by atoms with Crippen molar-refractivity contribution in [2.45, 2.75) is 27.4 Å². The Morgan fingerprint density at radius 2 is 1.61 bits per heavy atom. The van der Waals surface area contributed by atoms with Crippen LogP contribution in [0.25, 0.3) is 6.08 Å². The highest BCUT2D eigenvalue weighted by Crippen LogP contribution is 2.40. The van der Waals surface area contributed by atoms with Gasteiger partial charge in [0, 0.05) is 22.2 Å². The third kappa shape index (κ3) is 7.07. The van der Waals surface area contributed by atoms with Gasteiger partial charge in [-0.05, 0) is 109 Å². The summed E-state index contributed by atoms with van der Waals surface area (Å²) in [7, 11) is 0. The van der Waals surface area contributed by atoms with Crippen LogP contribution in [0.15, 0.2) is 88.8 Å². The molecule has 1 amide bonds. The molecule has 1 saturated heterocycles. The molecule has 0 N–H and O–H groups in total. The van der Waals surface area contributed by atoms with Crippen LogP contribution in [0.3, 0.4) is 0 Å². The molecule has 1 fully saturated rings. The van der Waals surface area contributed by atoms with E-state index in [4.69, 9.17) is 37.7 Å². The Hall–Kier alpha value is -4.31. The summed E-state index contributed by atoms with van der Waals surface area (Å²) in [4.78, 5) is 31.1. The Balaban J connectivity index is 1.45. The summed E-state index contributed by atoms with van der Waals surface area (Å²) in [6, 6.07) is 22.5. The summed E-state index contributed by atoms with van der Waals surface area (Å²) >= 11 is 14.0. The number of halogens is 2. The van der Waals surface area contributed by atoms with E-state index in [9.17, 15) is 14.9 Å². The number of aliphatic imine (C=N–C) groups is 1. The summed E-state index contributed by atoms with van der Waals surface area (Å²) in [6.45, 7) is 6.28. The molecule has 44 heavy (non-hydrogen) atoms. The topological polar surface area (TPSA) is 94.3 Å². The molecule has 1 aliphatic rings. The maximum Gasteiger partial charge on any atom is 0.271 e. The number of aryl methyl sites for hydroxylation is 2. The molecule has 0 atom stereocenters. The van der Waals surface area contributed by atoms with Gasteiger partial charge in [-0.2, -0.15) is 0 Å². The number of thioether (sulfide) groups is 1. The number of carbonyl (C=O) groups excluding carboxylic acids is 1. The molecular weight excluding hydrogens is 621 g/mol. The standard InChI is InChI=1S/C33H27Cl2N3O5S/c1-4-42-30-15-23(9-14-29(30)43-19-22-7-12-25(13-8-22)38(40)41)16-31-32(39)37(26-11-6-21(3)28(35)18-26)33(44-31)36-24-10-5-20(2)27(34)17-24/h5-18H,4,19H2,1-3H3/b31-16+,36-33?. The average molecular weight is 649 g/mol. The number of hydrogen-bond acceptors (Lipinski definition) is 7. The molecule has 0 bridgehead atoms. The van der Waals surface area contributed by atoms with E-state index in [0.29, 0.717) is 49.6 Å². The van der Waals surface area contributed by atoms with Crippen LogP contribution in [0.2, 0.25) is 10.0 Å². The maximum atomic E-state index is 13.8. The summed E-state index contributed by atoms with van der Waals surface area (Å²) < 4.78 is 11.8. The van der Waals surface area contributed by atoms with Crippen molar-refractivity contribution in [2.75, 3.05) is 11.5 Å². The van der Waals surface area contributed by atoms with Crippen molar-refractivity contribution in [2.24, 2.45) is 4.99 Å². The number of amidine groups is 1. The monoisotopic (exact) mass is 647 g/mol. The molecular formula is C33H27Cl2N3O5S. The average Bonchev–Trinajstić information content (AvgIpc) is 3.30. The molecule has 1 heterocycles. The predicted molar refractivity (Wildman–Crippen MR) is 178 cm³/mol. The summed E-state index contributed by atoms with van der Waals surface area (Å²) in [6.07, 6.45) is 1.78. The van der Waals surface area contributed by atoms with E-state index < -0.39 is 4.92 Å². The van der Waals surface area contributed by atoms with Gasteiger partial charge < -0.3 is 9.47 Å². The van der Waals surface area contributed by atoms with E-state index in [1.54, 1.807) is 47.4 Å². The highest BCUT2D eigenvalue weighted by Gasteiger charge is 2.35. The van der Waals surface area contributed by atoms with Gasteiger partial charge in [-0.15, -0.1) is 0 Å². The SMILES string of the molecule is CCOc1cc(/C=C2/SC(=Nc3ccc(C)c(Cl)c3)N(c3ccc(C)c(Cl)c3)C2=O)ccc1OCc1ccc([N+](=O)[O-])cc1. The van der Waals surface area contributed by atoms with Crippen molar-refractivity contribution in [1.82, 2.24) is 0 Å². The molecule has 11 heteroatoms. The van der Waals surface area contributed by atoms with E-state index in [1.807, 2.05) is 51.1 Å². The van der Waals surface area contributed by atoms with Crippen molar-refractivity contribution in [1.29, 1.82) is 0 Å². The van der Waals surface area contributed by atoms with Crippen LogP contribution < -0.4 is 14.4 Å². The zero-order valence-corrected chi connectivity index (χ0v) is 26.4.